The van der Waals surface area contributed by atoms with E-state index in [1.165, 1.54) is 0 Å². The van der Waals surface area contributed by atoms with Crippen LogP contribution in [0.5, 0.6) is 0 Å². The fourth-order valence-electron chi connectivity index (χ4n) is 2.30. The minimum Gasteiger partial charge on any atom is -0.480 e. The molecule has 1 saturated heterocycles. The van der Waals surface area contributed by atoms with Crippen molar-refractivity contribution in [3.63, 3.8) is 0 Å². The highest BCUT2D eigenvalue weighted by molar-refractivity contribution is 5.83. The fourth-order valence-corrected chi connectivity index (χ4v) is 2.30. The first kappa shape index (κ1) is 14.3. The third kappa shape index (κ3) is 3.27. The number of aliphatic hydroxyl groups excluding tert-OH is 1. The van der Waals surface area contributed by atoms with Crippen LogP contribution in [0.4, 0.5) is 4.79 Å². The Morgan fingerprint density at radius 2 is 2.30 bits per heavy atom. The quantitative estimate of drug-likeness (QED) is 0.690. The van der Waals surface area contributed by atoms with Gasteiger partial charge in [-0.25, -0.2) is 9.59 Å². The molecule has 0 spiro atoms. The van der Waals surface area contributed by atoms with E-state index in [1.54, 1.807) is 23.1 Å². The van der Waals surface area contributed by atoms with Crippen molar-refractivity contribution >= 4 is 12.0 Å². The summed E-state index contributed by atoms with van der Waals surface area (Å²) in [5.74, 6) is -1.10. The molecule has 1 aliphatic rings. The summed E-state index contributed by atoms with van der Waals surface area (Å²) in [4.78, 5) is 24.3. The van der Waals surface area contributed by atoms with E-state index in [4.69, 9.17) is 5.11 Å². The van der Waals surface area contributed by atoms with Crippen LogP contribution in [0.15, 0.2) is 18.5 Å². The van der Waals surface area contributed by atoms with Gasteiger partial charge >= 0.3 is 12.0 Å². The largest absolute Gasteiger partial charge is 0.480 e. The molecule has 110 valence electrons. The van der Waals surface area contributed by atoms with Gasteiger partial charge in [0.05, 0.1) is 12.6 Å². The van der Waals surface area contributed by atoms with E-state index < -0.39 is 24.1 Å². The number of β-amino-alcohol motifs (C(OH)–C–C–N with tert-alkyl or cyclic N) is 1. The first-order valence-corrected chi connectivity index (χ1v) is 6.43. The highest BCUT2D eigenvalue weighted by atomic mass is 16.4. The maximum Gasteiger partial charge on any atom is 0.326 e. The lowest BCUT2D eigenvalue weighted by Crippen LogP contribution is -2.49. The monoisotopic (exact) mass is 282 g/mol. The summed E-state index contributed by atoms with van der Waals surface area (Å²) in [6.45, 7) is 2.34. The van der Waals surface area contributed by atoms with Gasteiger partial charge in [-0.15, -0.1) is 0 Å². The van der Waals surface area contributed by atoms with E-state index in [-0.39, 0.29) is 19.0 Å². The number of nitrogens with one attached hydrogen (secondary N) is 1. The van der Waals surface area contributed by atoms with Crippen molar-refractivity contribution in [2.45, 2.75) is 38.1 Å². The molecule has 0 aliphatic carbocycles. The van der Waals surface area contributed by atoms with Crippen molar-refractivity contribution in [2.24, 2.45) is 0 Å². The summed E-state index contributed by atoms with van der Waals surface area (Å²) >= 11 is 0. The fraction of sp³-hybridized carbons (Fsp3) is 0.583. The Kier molecular flexibility index (Phi) is 4.23. The Morgan fingerprint density at radius 3 is 2.90 bits per heavy atom. The zero-order valence-electron chi connectivity index (χ0n) is 11.1. The molecule has 0 bridgehead atoms. The van der Waals surface area contributed by atoms with Gasteiger partial charge in [-0.1, -0.05) is 0 Å². The van der Waals surface area contributed by atoms with Crippen LogP contribution < -0.4 is 5.32 Å². The van der Waals surface area contributed by atoms with Crippen LogP contribution in [-0.2, 0) is 11.3 Å². The summed E-state index contributed by atoms with van der Waals surface area (Å²) in [7, 11) is 0. The number of aliphatic carboxylic acids is 1. The lowest BCUT2D eigenvalue weighted by atomic mass is 10.2. The van der Waals surface area contributed by atoms with Crippen LogP contribution >= 0.6 is 0 Å². The molecule has 2 amide bonds. The van der Waals surface area contributed by atoms with E-state index in [0.29, 0.717) is 6.54 Å². The number of likely N-dealkylation sites (tertiary alicyclic amines) is 1. The SMILES string of the molecule is CC(Cn1cccn1)NC(=O)N1C[C@H](O)C[C@@H]1C(=O)O. The highest BCUT2D eigenvalue weighted by Crippen LogP contribution is 2.18. The van der Waals surface area contributed by atoms with Crippen LogP contribution in [0, 0.1) is 0 Å². The molecule has 8 heteroatoms. The molecule has 1 aliphatic heterocycles. The minimum absolute atomic E-state index is 0.0390. The first-order valence-electron chi connectivity index (χ1n) is 6.43. The molecular weight excluding hydrogens is 264 g/mol. The van der Waals surface area contributed by atoms with Gasteiger partial charge in [-0.2, -0.15) is 5.10 Å². The standard InChI is InChI=1S/C12H18N4O4/c1-8(6-15-4-2-3-13-15)14-12(20)16-7-9(17)5-10(16)11(18)19/h2-4,8-10,17H,5-7H2,1H3,(H,14,20)(H,18,19)/t8?,9-,10-/m1/s1. The van der Waals surface area contributed by atoms with Gasteiger partial charge < -0.3 is 20.4 Å². The molecule has 0 radical (unpaired) electrons. The van der Waals surface area contributed by atoms with Crippen molar-refractivity contribution < 1.29 is 19.8 Å². The Balaban J connectivity index is 1.92. The summed E-state index contributed by atoms with van der Waals surface area (Å²) < 4.78 is 1.68. The number of hydrogen-bond donors (Lipinski definition) is 3. The number of carboxylic acids is 1. The predicted octanol–water partition coefficient (Wildman–Crippen LogP) is -0.499. The molecule has 1 unspecified atom stereocenters. The minimum atomic E-state index is -1.10. The summed E-state index contributed by atoms with van der Waals surface area (Å²) in [6.07, 6.45) is 2.70. The van der Waals surface area contributed by atoms with Crippen LogP contribution in [-0.4, -0.2) is 61.6 Å². The van der Waals surface area contributed by atoms with Crippen molar-refractivity contribution in [1.82, 2.24) is 20.0 Å². The zero-order chi connectivity index (χ0) is 14.7. The summed E-state index contributed by atoms with van der Waals surface area (Å²) in [5, 5.41) is 25.3. The van der Waals surface area contributed by atoms with Gasteiger partial charge in [-0.05, 0) is 13.0 Å². The van der Waals surface area contributed by atoms with Crippen molar-refractivity contribution in [3.05, 3.63) is 18.5 Å². The van der Waals surface area contributed by atoms with Gasteiger partial charge in [0, 0.05) is 31.4 Å². The van der Waals surface area contributed by atoms with Gasteiger partial charge in [0.25, 0.3) is 0 Å². The third-order valence-corrected chi connectivity index (χ3v) is 3.21. The third-order valence-electron chi connectivity index (χ3n) is 3.21. The molecule has 1 aromatic heterocycles. The van der Waals surface area contributed by atoms with Crippen LogP contribution in [0.1, 0.15) is 13.3 Å². The number of rotatable bonds is 4. The van der Waals surface area contributed by atoms with Gasteiger partial charge in [-0.3, -0.25) is 4.68 Å². The normalized spacial score (nSPS) is 23.6. The maximum atomic E-state index is 12.1. The number of urea groups is 1. The van der Waals surface area contributed by atoms with Crippen LogP contribution in [0.25, 0.3) is 0 Å². The Morgan fingerprint density at radius 1 is 1.55 bits per heavy atom. The number of aliphatic hydroxyl groups is 1. The number of carbonyl (C=O) groups is 2. The average molecular weight is 282 g/mol. The molecule has 8 nitrogen and oxygen atoms in total. The van der Waals surface area contributed by atoms with Crippen molar-refractivity contribution in [1.29, 1.82) is 0 Å². The molecular formula is C12H18N4O4. The van der Waals surface area contributed by atoms with E-state index in [1.807, 2.05) is 6.92 Å². The zero-order valence-corrected chi connectivity index (χ0v) is 11.1. The number of aromatic nitrogens is 2. The van der Waals surface area contributed by atoms with Crippen molar-refractivity contribution in [2.75, 3.05) is 6.54 Å². The maximum absolute atomic E-state index is 12.1. The molecule has 1 fully saturated rings. The Bertz CT molecular complexity index is 476. The van der Waals surface area contributed by atoms with Gasteiger partial charge in [0.15, 0.2) is 0 Å². The molecule has 2 rings (SSSR count). The lowest BCUT2D eigenvalue weighted by Gasteiger charge is -2.24. The van der Waals surface area contributed by atoms with Gasteiger partial charge in [0.1, 0.15) is 6.04 Å². The van der Waals surface area contributed by atoms with E-state index in [9.17, 15) is 14.7 Å². The second-order valence-electron chi connectivity index (χ2n) is 4.97. The number of hydrogen-bond acceptors (Lipinski definition) is 4. The molecule has 20 heavy (non-hydrogen) atoms. The second kappa shape index (κ2) is 5.91. The molecule has 3 N–H and O–H groups in total. The number of carbonyl (C=O) groups excluding carboxylic acids is 1. The van der Waals surface area contributed by atoms with Crippen molar-refractivity contribution in [3.8, 4) is 0 Å². The second-order valence-corrected chi connectivity index (χ2v) is 4.97. The van der Waals surface area contributed by atoms with Crippen LogP contribution in [0.3, 0.4) is 0 Å². The number of amides is 2. The Labute approximate surface area is 116 Å². The highest BCUT2D eigenvalue weighted by Gasteiger charge is 2.39. The molecule has 3 atom stereocenters. The Hall–Kier alpha value is -2.09. The predicted molar refractivity (Wildman–Crippen MR) is 69.0 cm³/mol. The van der Waals surface area contributed by atoms with Crippen LogP contribution in [0.2, 0.25) is 0 Å². The van der Waals surface area contributed by atoms with E-state index >= 15 is 0 Å². The topological polar surface area (TPSA) is 108 Å². The number of nitrogens with zero attached hydrogens (tertiary/aromatic N) is 3. The summed E-state index contributed by atoms with van der Waals surface area (Å²) in [6, 6.07) is 0.136. The average Bonchev–Trinajstić information content (AvgIpc) is 2.97. The number of carboxylic acid groups (broad SMARTS) is 1. The molecule has 0 aromatic carbocycles. The summed E-state index contributed by atoms with van der Waals surface area (Å²) in [5.41, 5.74) is 0. The smallest absolute Gasteiger partial charge is 0.326 e. The molecule has 2 heterocycles. The van der Waals surface area contributed by atoms with Gasteiger partial charge in [0.2, 0.25) is 0 Å². The first-order chi connectivity index (χ1) is 9.47. The molecule has 1 aromatic rings. The van der Waals surface area contributed by atoms with E-state index in [2.05, 4.69) is 10.4 Å². The molecule has 0 saturated carbocycles. The lowest BCUT2D eigenvalue weighted by molar-refractivity contribution is -0.141. The van der Waals surface area contributed by atoms with E-state index in [0.717, 1.165) is 4.90 Å².